The number of nitrogens with zero attached hydrogens (tertiary/aromatic N) is 1. The van der Waals surface area contributed by atoms with Crippen molar-refractivity contribution in [1.82, 2.24) is 0 Å². The SMILES string of the molecule is CCc1c(CCl)c(C)cc[n+]1[O-]. The second-order valence-corrected chi connectivity index (χ2v) is 3.00. The molecule has 0 unspecified atom stereocenters. The molecule has 0 radical (unpaired) electrons. The Labute approximate surface area is 77.4 Å². The average Bonchev–Trinajstić information content (AvgIpc) is 2.08. The van der Waals surface area contributed by atoms with Crippen LogP contribution >= 0.6 is 11.6 Å². The van der Waals surface area contributed by atoms with E-state index < -0.39 is 0 Å². The van der Waals surface area contributed by atoms with Crippen molar-refractivity contribution in [3.05, 3.63) is 34.3 Å². The summed E-state index contributed by atoms with van der Waals surface area (Å²) in [4.78, 5) is 0. The third-order valence-electron chi connectivity index (χ3n) is 2.02. The van der Waals surface area contributed by atoms with Crippen LogP contribution in [0.1, 0.15) is 23.7 Å². The number of rotatable bonds is 2. The van der Waals surface area contributed by atoms with E-state index in [1.54, 1.807) is 6.07 Å². The molecule has 0 saturated carbocycles. The first kappa shape index (κ1) is 9.33. The van der Waals surface area contributed by atoms with Crippen molar-refractivity contribution in [1.29, 1.82) is 0 Å². The Morgan fingerprint density at radius 1 is 1.58 bits per heavy atom. The van der Waals surface area contributed by atoms with Gasteiger partial charge in [0.15, 0.2) is 11.9 Å². The van der Waals surface area contributed by atoms with E-state index in [1.807, 2.05) is 13.8 Å². The van der Waals surface area contributed by atoms with Crippen LogP contribution in [0.2, 0.25) is 0 Å². The van der Waals surface area contributed by atoms with Gasteiger partial charge in [-0.1, -0.05) is 6.92 Å². The van der Waals surface area contributed by atoms with Crippen molar-refractivity contribution < 1.29 is 4.73 Å². The molecule has 1 aromatic heterocycles. The summed E-state index contributed by atoms with van der Waals surface area (Å²) >= 11 is 5.74. The zero-order valence-corrected chi connectivity index (χ0v) is 8.06. The second kappa shape index (κ2) is 3.76. The molecule has 1 heterocycles. The van der Waals surface area contributed by atoms with Gasteiger partial charge in [0.1, 0.15) is 0 Å². The van der Waals surface area contributed by atoms with E-state index in [9.17, 15) is 5.21 Å². The van der Waals surface area contributed by atoms with E-state index in [1.165, 1.54) is 6.20 Å². The number of pyridine rings is 1. The van der Waals surface area contributed by atoms with Gasteiger partial charge in [0.05, 0.1) is 5.88 Å². The summed E-state index contributed by atoms with van der Waals surface area (Å²) < 4.78 is 0.894. The molecule has 0 bridgehead atoms. The van der Waals surface area contributed by atoms with Crippen molar-refractivity contribution >= 4 is 11.6 Å². The molecular formula is C9H12ClNO. The molecule has 0 saturated heterocycles. The van der Waals surface area contributed by atoms with Crippen molar-refractivity contribution in [3.8, 4) is 0 Å². The van der Waals surface area contributed by atoms with Crippen molar-refractivity contribution in [2.24, 2.45) is 0 Å². The molecule has 1 aromatic rings. The first-order valence-electron chi connectivity index (χ1n) is 3.97. The zero-order valence-electron chi connectivity index (χ0n) is 7.30. The number of aryl methyl sites for hydroxylation is 1. The summed E-state index contributed by atoms with van der Waals surface area (Å²) in [6, 6.07) is 1.80. The molecule has 0 fully saturated rings. The lowest BCUT2D eigenvalue weighted by molar-refractivity contribution is -0.614. The van der Waals surface area contributed by atoms with Crippen molar-refractivity contribution in [2.75, 3.05) is 0 Å². The van der Waals surface area contributed by atoms with Gasteiger partial charge in [0.2, 0.25) is 0 Å². The van der Waals surface area contributed by atoms with Gasteiger partial charge in [-0.05, 0) is 12.5 Å². The molecule has 12 heavy (non-hydrogen) atoms. The van der Waals surface area contributed by atoms with Gasteiger partial charge >= 0.3 is 0 Å². The minimum absolute atomic E-state index is 0.415. The zero-order chi connectivity index (χ0) is 9.14. The molecule has 0 aliphatic rings. The molecular weight excluding hydrogens is 174 g/mol. The smallest absolute Gasteiger partial charge is 0.197 e. The Morgan fingerprint density at radius 2 is 2.25 bits per heavy atom. The van der Waals surface area contributed by atoms with Crippen LogP contribution in [0.4, 0.5) is 0 Å². The maximum absolute atomic E-state index is 11.2. The van der Waals surface area contributed by atoms with Crippen LogP contribution in [0.25, 0.3) is 0 Å². The highest BCUT2D eigenvalue weighted by atomic mass is 35.5. The van der Waals surface area contributed by atoms with E-state index in [0.717, 1.165) is 28.0 Å². The fourth-order valence-corrected chi connectivity index (χ4v) is 1.65. The van der Waals surface area contributed by atoms with Crippen LogP contribution in [0.5, 0.6) is 0 Å². The van der Waals surface area contributed by atoms with Gasteiger partial charge in [0, 0.05) is 18.1 Å². The van der Waals surface area contributed by atoms with Gasteiger partial charge < -0.3 is 5.21 Å². The predicted octanol–water partition coefficient (Wildman–Crippen LogP) is 1.93. The first-order valence-corrected chi connectivity index (χ1v) is 4.50. The minimum Gasteiger partial charge on any atom is -0.618 e. The highest BCUT2D eigenvalue weighted by Crippen LogP contribution is 2.13. The quantitative estimate of drug-likeness (QED) is 0.393. The fraction of sp³-hybridized carbons (Fsp3) is 0.444. The molecule has 0 atom stereocenters. The van der Waals surface area contributed by atoms with Crippen LogP contribution in [0.15, 0.2) is 12.3 Å². The highest BCUT2D eigenvalue weighted by Gasteiger charge is 2.11. The van der Waals surface area contributed by atoms with Crippen LogP contribution in [0.3, 0.4) is 0 Å². The molecule has 0 N–H and O–H groups in total. The van der Waals surface area contributed by atoms with Gasteiger partial charge in [-0.2, -0.15) is 4.73 Å². The third-order valence-corrected chi connectivity index (χ3v) is 2.29. The molecule has 0 aliphatic carbocycles. The van der Waals surface area contributed by atoms with Gasteiger partial charge in [0.25, 0.3) is 0 Å². The van der Waals surface area contributed by atoms with E-state index in [0.29, 0.717) is 5.88 Å². The van der Waals surface area contributed by atoms with Crippen molar-refractivity contribution in [3.63, 3.8) is 0 Å². The Balaban J connectivity index is 3.28. The summed E-state index contributed by atoms with van der Waals surface area (Å²) in [5, 5.41) is 11.2. The minimum atomic E-state index is 0.415. The van der Waals surface area contributed by atoms with E-state index in [-0.39, 0.29) is 0 Å². The predicted molar refractivity (Wildman–Crippen MR) is 49.1 cm³/mol. The summed E-state index contributed by atoms with van der Waals surface area (Å²) in [5.41, 5.74) is 2.84. The normalized spacial score (nSPS) is 10.2. The van der Waals surface area contributed by atoms with Gasteiger partial charge in [-0.25, -0.2) is 0 Å². The molecule has 2 nitrogen and oxygen atoms in total. The summed E-state index contributed by atoms with van der Waals surface area (Å²) in [6.07, 6.45) is 2.26. The Bertz CT molecular complexity index is 257. The van der Waals surface area contributed by atoms with Crippen LogP contribution in [-0.4, -0.2) is 0 Å². The lowest BCUT2D eigenvalue weighted by Gasteiger charge is -2.08. The number of halogens is 1. The fourth-order valence-electron chi connectivity index (χ4n) is 1.28. The lowest BCUT2D eigenvalue weighted by Crippen LogP contribution is -2.32. The van der Waals surface area contributed by atoms with Crippen LogP contribution < -0.4 is 4.73 Å². The van der Waals surface area contributed by atoms with E-state index in [2.05, 4.69) is 0 Å². The maximum Gasteiger partial charge on any atom is 0.197 e. The molecule has 0 aromatic carbocycles. The van der Waals surface area contributed by atoms with Gasteiger partial charge in [-0.3, -0.25) is 0 Å². The second-order valence-electron chi connectivity index (χ2n) is 2.74. The number of alkyl halides is 1. The standard InChI is InChI=1S/C9H12ClNO/c1-3-9-8(6-10)7(2)4-5-11(9)12/h4-5H,3,6H2,1-2H3. The number of hydrogen-bond acceptors (Lipinski definition) is 1. The maximum atomic E-state index is 11.2. The lowest BCUT2D eigenvalue weighted by atomic mass is 10.1. The molecule has 0 spiro atoms. The average molecular weight is 186 g/mol. The Kier molecular flexibility index (Phi) is 2.93. The molecule has 0 amide bonds. The monoisotopic (exact) mass is 185 g/mol. The Morgan fingerprint density at radius 3 is 2.67 bits per heavy atom. The third kappa shape index (κ3) is 1.53. The topological polar surface area (TPSA) is 26.9 Å². The highest BCUT2D eigenvalue weighted by molar-refractivity contribution is 6.17. The number of aromatic nitrogens is 1. The summed E-state index contributed by atoms with van der Waals surface area (Å²) in [5.74, 6) is 0.415. The Hall–Kier alpha value is -0.760. The first-order chi connectivity index (χ1) is 5.70. The van der Waals surface area contributed by atoms with Crippen molar-refractivity contribution in [2.45, 2.75) is 26.1 Å². The summed E-state index contributed by atoms with van der Waals surface area (Å²) in [7, 11) is 0. The van der Waals surface area contributed by atoms with Crippen LogP contribution in [-0.2, 0) is 12.3 Å². The van der Waals surface area contributed by atoms with Gasteiger partial charge in [-0.15, -0.1) is 11.6 Å². The van der Waals surface area contributed by atoms with E-state index >= 15 is 0 Å². The number of hydrogen-bond donors (Lipinski definition) is 0. The largest absolute Gasteiger partial charge is 0.618 e. The molecule has 3 heteroatoms. The molecule has 66 valence electrons. The summed E-state index contributed by atoms with van der Waals surface area (Å²) in [6.45, 7) is 3.93. The van der Waals surface area contributed by atoms with Crippen LogP contribution in [0, 0.1) is 12.1 Å². The molecule has 0 aliphatic heterocycles. The van der Waals surface area contributed by atoms with E-state index in [4.69, 9.17) is 11.6 Å². The molecule has 1 rings (SSSR count).